The van der Waals surface area contributed by atoms with Gasteiger partial charge in [0.2, 0.25) is 5.78 Å². The summed E-state index contributed by atoms with van der Waals surface area (Å²) < 4.78 is 9.93. The van der Waals surface area contributed by atoms with Gasteiger partial charge in [0.15, 0.2) is 6.10 Å². The maximum absolute atomic E-state index is 14.2. The molecule has 42 heavy (non-hydrogen) atoms. The number of nitriles is 1. The lowest BCUT2D eigenvalue weighted by atomic mass is 9.92. The molecule has 0 radical (unpaired) electrons. The summed E-state index contributed by atoms with van der Waals surface area (Å²) in [5, 5.41) is 18.1. The summed E-state index contributed by atoms with van der Waals surface area (Å²) in [5.74, 6) is 0.618. The third-order valence-electron chi connectivity index (χ3n) is 8.41. The van der Waals surface area contributed by atoms with Gasteiger partial charge in [-0.2, -0.15) is 15.3 Å². The van der Waals surface area contributed by atoms with Crippen molar-refractivity contribution in [2.45, 2.75) is 83.5 Å². The number of ether oxygens (including phenoxy) is 1. The number of benzene rings is 2. The lowest BCUT2D eigenvalue weighted by molar-refractivity contribution is -0.0447. The second-order valence-electron chi connectivity index (χ2n) is 11.4. The Morgan fingerprint density at radius 1 is 1.10 bits per heavy atom. The predicted octanol–water partition coefficient (Wildman–Crippen LogP) is 5.64. The van der Waals surface area contributed by atoms with Gasteiger partial charge in [0.1, 0.15) is 6.33 Å². The molecule has 0 saturated heterocycles. The highest BCUT2D eigenvalue weighted by molar-refractivity contribution is 5.82. The van der Waals surface area contributed by atoms with Crippen molar-refractivity contribution in [3.05, 3.63) is 87.6 Å². The van der Waals surface area contributed by atoms with E-state index in [0.29, 0.717) is 24.4 Å². The molecule has 1 aliphatic heterocycles. The molecule has 9 nitrogen and oxygen atoms in total. The van der Waals surface area contributed by atoms with Crippen molar-refractivity contribution < 1.29 is 9.57 Å². The summed E-state index contributed by atoms with van der Waals surface area (Å²) in [6.45, 7) is 4.63. The van der Waals surface area contributed by atoms with E-state index in [4.69, 9.17) is 9.57 Å². The van der Waals surface area contributed by atoms with Gasteiger partial charge in [-0.25, -0.2) is 4.52 Å². The Bertz CT molecular complexity index is 1690. The molecule has 3 heterocycles. The molecule has 4 aromatic rings. The fourth-order valence-electron chi connectivity index (χ4n) is 6.29. The van der Waals surface area contributed by atoms with Crippen LogP contribution in [0.25, 0.3) is 16.9 Å². The summed E-state index contributed by atoms with van der Waals surface area (Å²) in [7, 11) is 0. The summed E-state index contributed by atoms with van der Waals surface area (Å²) >= 11 is 0. The molecule has 0 bridgehead atoms. The maximum atomic E-state index is 14.2. The maximum Gasteiger partial charge on any atom is 0.259 e. The molecule has 1 atom stereocenters. The van der Waals surface area contributed by atoms with Gasteiger partial charge in [0.05, 0.1) is 35.7 Å². The molecular formula is C33H36N6O3. The van der Waals surface area contributed by atoms with Crippen molar-refractivity contribution >= 4 is 11.5 Å². The first kappa shape index (κ1) is 27.9. The quantitative estimate of drug-likeness (QED) is 0.261. The van der Waals surface area contributed by atoms with Gasteiger partial charge in [-0.1, -0.05) is 61.0 Å². The Balaban J connectivity index is 1.25. The van der Waals surface area contributed by atoms with Crippen molar-refractivity contribution in [2.75, 3.05) is 6.61 Å². The van der Waals surface area contributed by atoms with E-state index >= 15 is 0 Å². The zero-order chi connectivity index (χ0) is 29.1. The highest BCUT2D eigenvalue weighted by Gasteiger charge is 2.29. The van der Waals surface area contributed by atoms with Crippen LogP contribution >= 0.6 is 0 Å². The van der Waals surface area contributed by atoms with Crippen LogP contribution in [0, 0.1) is 11.3 Å². The number of oxime groups is 1. The molecule has 1 saturated carbocycles. The molecule has 216 valence electrons. The average Bonchev–Trinajstić information content (AvgIpc) is 3.68. The van der Waals surface area contributed by atoms with E-state index < -0.39 is 0 Å². The largest absolute Gasteiger partial charge is 0.390 e. The summed E-state index contributed by atoms with van der Waals surface area (Å²) in [4.78, 5) is 24.2. The minimum Gasteiger partial charge on any atom is -0.390 e. The number of rotatable bonds is 9. The number of hydrogen-bond donors (Lipinski definition) is 0. The first-order valence-corrected chi connectivity index (χ1v) is 14.9. The topological polar surface area (TPSA) is 107 Å². The van der Waals surface area contributed by atoms with Crippen LogP contribution in [0.2, 0.25) is 0 Å². The lowest BCUT2D eigenvalue weighted by Crippen LogP contribution is -2.35. The Morgan fingerprint density at radius 3 is 2.60 bits per heavy atom. The molecule has 2 aliphatic rings. The zero-order valence-electron chi connectivity index (χ0n) is 24.2. The van der Waals surface area contributed by atoms with E-state index in [0.717, 1.165) is 78.6 Å². The van der Waals surface area contributed by atoms with Gasteiger partial charge >= 0.3 is 0 Å². The van der Waals surface area contributed by atoms with E-state index in [-0.39, 0.29) is 23.8 Å². The monoisotopic (exact) mass is 564 g/mol. The van der Waals surface area contributed by atoms with E-state index in [9.17, 15) is 10.1 Å². The van der Waals surface area contributed by atoms with E-state index in [1.807, 2.05) is 52.4 Å². The van der Waals surface area contributed by atoms with Crippen LogP contribution in [0.5, 0.6) is 0 Å². The molecule has 9 heteroatoms. The SMILES string of the molecule is CCCc1c(Cc2ccc(-c3ccccc3C#N)cc2)c(=O)n([C@H]2CC[C@H](OCC3CC(C)=NO3)CC2)c2ncnn12. The molecule has 0 N–H and O–H groups in total. The molecular weight excluding hydrogens is 528 g/mol. The van der Waals surface area contributed by atoms with Crippen molar-refractivity contribution in [1.29, 1.82) is 5.26 Å². The van der Waals surface area contributed by atoms with Crippen LogP contribution in [0.1, 0.15) is 80.8 Å². The number of hydrogen-bond acceptors (Lipinski definition) is 7. The Morgan fingerprint density at radius 2 is 1.88 bits per heavy atom. The first-order chi connectivity index (χ1) is 20.6. The Kier molecular flexibility index (Phi) is 8.15. The molecule has 2 aromatic carbocycles. The molecule has 6 rings (SSSR count). The Hall–Kier alpha value is -4.29. The fourth-order valence-corrected chi connectivity index (χ4v) is 6.29. The minimum atomic E-state index is 0.00443. The highest BCUT2D eigenvalue weighted by atomic mass is 16.7. The van der Waals surface area contributed by atoms with Crippen LogP contribution in [0.4, 0.5) is 0 Å². The normalized spacial score (nSPS) is 20.3. The summed E-state index contributed by atoms with van der Waals surface area (Å²) in [5.41, 5.74) is 6.30. The second kappa shape index (κ2) is 12.3. The lowest BCUT2D eigenvalue weighted by Gasteiger charge is -2.31. The highest BCUT2D eigenvalue weighted by Crippen LogP contribution is 2.31. The van der Waals surface area contributed by atoms with Gasteiger partial charge in [0, 0.05) is 24.4 Å². The standard InChI is InChI=1S/C33H36N6O3/c1-3-6-31-30(18-23-9-11-24(12-10-23)29-8-5-4-7-25(29)19-34)32(40)38(33-35-21-36-39(31)33)26-13-15-27(16-14-26)41-20-28-17-22(2)37-42-28/h4-5,7-12,21,26-28H,3,6,13-18,20H2,1-2H3/t26-,27-,28?. The summed E-state index contributed by atoms with van der Waals surface area (Å²) in [6, 6.07) is 18.1. The molecule has 0 amide bonds. The predicted molar refractivity (Wildman–Crippen MR) is 160 cm³/mol. The number of nitrogens with zero attached hydrogens (tertiary/aromatic N) is 6. The van der Waals surface area contributed by atoms with Crippen molar-refractivity contribution in [2.24, 2.45) is 5.16 Å². The zero-order valence-corrected chi connectivity index (χ0v) is 24.2. The third-order valence-corrected chi connectivity index (χ3v) is 8.41. The first-order valence-electron chi connectivity index (χ1n) is 14.9. The third kappa shape index (κ3) is 5.59. The second-order valence-corrected chi connectivity index (χ2v) is 11.4. The minimum absolute atomic E-state index is 0.00443. The van der Waals surface area contributed by atoms with Crippen molar-refractivity contribution in [1.82, 2.24) is 19.2 Å². The van der Waals surface area contributed by atoms with Crippen LogP contribution in [0.3, 0.4) is 0 Å². The van der Waals surface area contributed by atoms with Crippen LogP contribution in [0.15, 0.2) is 64.8 Å². The van der Waals surface area contributed by atoms with Gasteiger partial charge in [-0.15, -0.1) is 0 Å². The van der Waals surface area contributed by atoms with Crippen molar-refractivity contribution in [3.63, 3.8) is 0 Å². The average molecular weight is 565 g/mol. The number of aryl methyl sites for hydroxylation is 1. The van der Waals surface area contributed by atoms with Crippen molar-refractivity contribution in [3.8, 4) is 17.2 Å². The molecule has 1 aliphatic carbocycles. The number of fused-ring (bicyclic) bond motifs is 1. The van der Waals surface area contributed by atoms with Gasteiger partial charge in [0.25, 0.3) is 5.56 Å². The number of aromatic nitrogens is 4. The summed E-state index contributed by atoms with van der Waals surface area (Å²) in [6.07, 6.45) is 8.10. The van der Waals surface area contributed by atoms with Gasteiger partial charge < -0.3 is 9.57 Å². The molecule has 1 fully saturated rings. The van der Waals surface area contributed by atoms with Gasteiger partial charge in [-0.3, -0.25) is 9.36 Å². The Labute approximate surface area is 245 Å². The van der Waals surface area contributed by atoms with E-state index in [1.54, 1.807) is 6.33 Å². The molecule has 2 aromatic heterocycles. The fraction of sp³-hybridized carbons (Fsp3) is 0.424. The van der Waals surface area contributed by atoms with Crippen LogP contribution < -0.4 is 5.56 Å². The van der Waals surface area contributed by atoms with Crippen LogP contribution in [-0.4, -0.2) is 43.7 Å². The van der Waals surface area contributed by atoms with E-state index in [2.05, 4.69) is 40.4 Å². The van der Waals surface area contributed by atoms with E-state index in [1.165, 1.54) is 0 Å². The molecule has 1 unspecified atom stereocenters. The van der Waals surface area contributed by atoms with Gasteiger partial charge in [-0.05, 0) is 61.8 Å². The van der Waals surface area contributed by atoms with Crippen LogP contribution in [-0.2, 0) is 22.4 Å². The molecule has 0 spiro atoms. The smallest absolute Gasteiger partial charge is 0.259 e.